The van der Waals surface area contributed by atoms with Crippen molar-refractivity contribution in [2.75, 3.05) is 0 Å². The van der Waals surface area contributed by atoms with Crippen molar-refractivity contribution < 1.29 is 4.79 Å². The van der Waals surface area contributed by atoms with Gasteiger partial charge < -0.3 is 0 Å². The zero-order chi connectivity index (χ0) is 23.5. The zero-order valence-corrected chi connectivity index (χ0v) is 19.9. The summed E-state index contributed by atoms with van der Waals surface area (Å²) >= 11 is 0. The van der Waals surface area contributed by atoms with E-state index in [9.17, 15) is 4.79 Å². The van der Waals surface area contributed by atoms with Crippen LogP contribution < -0.4 is 0 Å². The summed E-state index contributed by atoms with van der Waals surface area (Å²) in [7, 11) is 0. The fraction of sp³-hybridized carbons (Fsp3) is 0.242. The lowest BCUT2D eigenvalue weighted by atomic mass is 9.64. The van der Waals surface area contributed by atoms with Crippen LogP contribution in [0.25, 0.3) is 0 Å². The van der Waals surface area contributed by atoms with E-state index in [1.165, 1.54) is 22.3 Å². The Morgan fingerprint density at radius 2 is 1.44 bits per heavy atom. The number of carbonyl (C=O) groups excluding carboxylic acids is 1. The van der Waals surface area contributed by atoms with Crippen molar-refractivity contribution in [2.45, 2.75) is 32.1 Å². The van der Waals surface area contributed by atoms with Crippen molar-refractivity contribution >= 4 is 5.78 Å². The van der Waals surface area contributed by atoms with Gasteiger partial charge in [0.05, 0.1) is 5.92 Å². The van der Waals surface area contributed by atoms with Crippen molar-refractivity contribution in [2.24, 2.45) is 17.8 Å². The van der Waals surface area contributed by atoms with Crippen LogP contribution in [0.1, 0.15) is 42.4 Å². The maximum absolute atomic E-state index is 14.3. The maximum Gasteiger partial charge on any atom is 0.167 e. The molecule has 3 unspecified atom stereocenters. The highest BCUT2D eigenvalue weighted by molar-refractivity contribution is 6.03. The van der Waals surface area contributed by atoms with Gasteiger partial charge in [0.1, 0.15) is 0 Å². The summed E-state index contributed by atoms with van der Waals surface area (Å²) in [5.41, 5.74) is 7.04. The standard InChI is InChI=1S/C33H32O/c1-3-26-22-29-23(2)19-25(20-24-13-7-4-8-14-24)21-30(29)33(34)32(26)31(27-15-9-5-10-16-27)28-17-11-6-12-18-28/h3-18,22-23,25,31-32H,1,19-21H2,2H3. The topological polar surface area (TPSA) is 17.1 Å². The second kappa shape index (κ2) is 9.81. The summed E-state index contributed by atoms with van der Waals surface area (Å²) < 4.78 is 0. The summed E-state index contributed by atoms with van der Waals surface area (Å²) in [6, 6.07) is 31.6. The lowest BCUT2D eigenvalue weighted by Gasteiger charge is -2.38. The fourth-order valence-electron chi connectivity index (χ4n) is 6.03. The number of allylic oxidation sites excluding steroid dienone is 5. The molecule has 2 aliphatic rings. The predicted octanol–water partition coefficient (Wildman–Crippen LogP) is 7.72. The average molecular weight is 445 g/mol. The van der Waals surface area contributed by atoms with Gasteiger partial charge in [0, 0.05) is 5.92 Å². The van der Waals surface area contributed by atoms with Gasteiger partial charge >= 0.3 is 0 Å². The van der Waals surface area contributed by atoms with Crippen molar-refractivity contribution in [3.05, 3.63) is 143 Å². The van der Waals surface area contributed by atoms with Gasteiger partial charge in [-0.15, -0.1) is 0 Å². The molecule has 0 radical (unpaired) electrons. The molecule has 1 nitrogen and oxygen atoms in total. The van der Waals surface area contributed by atoms with E-state index in [1.54, 1.807) is 0 Å². The van der Waals surface area contributed by atoms with Crippen LogP contribution >= 0.6 is 0 Å². The summed E-state index contributed by atoms with van der Waals surface area (Å²) in [5.74, 6) is 0.881. The van der Waals surface area contributed by atoms with Gasteiger partial charge in [-0.05, 0) is 64.5 Å². The third-order valence-electron chi connectivity index (χ3n) is 7.57. The van der Waals surface area contributed by atoms with Crippen LogP contribution in [0, 0.1) is 17.8 Å². The highest BCUT2D eigenvalue weighted by atomic mass is 16.1. The fourth-order valence-corrected chi connectivity index (χ4v) is 6.03. The number of rotatable bonds is 6. The normalized spacial score (nSPS) is 22.4. The molecule has 0 saturated carbocycles. The molecule has 0 saturated heterocycles. The second-order valence-corrected chi connectivity index (χ2v) is 9.82. The Bertz CT molecular complexity index is 1180. The Morgan fingerprint density at radius 3 is 2.00 bits per heavy atom. The first-order valence-corrected chi connectivity index (χ1v) is 12.4. The molecular weight excluding hydrogens is 412 g/mol. The van der Waals surface area contributed by atoms with Gasteiger partial charge in [-0.25, -0.2) is 0 Å². The van der Waals surface area contributed by atoms with Crippen molar-refractivity contribution in [1.29, 1.82) is 0 Å². The Kier molecular flexibility index (Phi) is 6.45. The molecule has 0 heterocycles. The zero-order valence-electron chi connectivity index (χ0n) is 19.9. The maximum atomic E-state index is 14.3. The van der Waals surface area contributed by atoms with Crippen LogP contribution in [-0.2, 0) is 11.2 Å². The molecule has 5 rings (SSSR count). The van der Waals surface area contributed by atoms with E-state index < -0.39 is 0 Å². The van der Waals surface area contributed by atoms with Crippen LogP contribution in [0.2, 0.25) is 0 Å². The number of Topliss-reactive ketones (excluding diaryl/α,β-unsaturated/α-hetero) is 1. The summed E-state index contributed by atoms with van der Waals surface area (Å²) in [4.78, 5) is 14.3. The van der Waals surface area contributed by atoms with Crippen LogP contribution in [0.3, 0.4) is 0 Å². The lowest BCUT2D eigenvalue weighted by molar-refractivity contribution is -0.119. The van der Waals surface area contributed by atoms with Gasteiger partial charge in [-0.3, -0.25) is 4.79 Å². The van der Waals surface area contributed by atoms with E-state index in [0.29, 0.717) is 11.8 Å². The number of benzene rings is 3. The highest BCUT2D eigenvalue weighted by Crippen LogP contribution is 2.47. The van der Waals surface area contributed by atoms with Crippen LogP contribution in [0.5, 0.6) is 0 Å². The number of hydrogen-bond donors (Lipinski definition) is 0. The first-order chi connectivity index (χ1) is 16.7. The number of carbonyl (C=O) groups is 1. The van der Waals surface area contributed by atoms with E-state index in [2.05, 4.69) is 98.4 Å². The summed E-state index contributed by atoms with van der Waals surface area (Å²) in [6.45, 7) is 6.41. The molecular formula is C33H32O. The molecule has 3 atom stereocenters. The Labute approximate surface area is 203 Å². The monoisotopic (exact) mass is 444 g/mol. The van der Waals surface area contributed by atoms with Gasteiger partial charge in [-0.1, -0.05) is 117 Å². The Morgan fingerprint density at radius 1 is 0.882 bits per heavy atom. The molecule has 0 aromatic heterocycles. The second-order valence-electron chi connectivity index (χ2n) is 9.82. The Hall–Kier alpha value is -3.45. The molecule has 2 aliphatic carbocycles. The summed E-state index contributed by atoms with van der Waals surface area (Å²) in [5, 5.41) is 0. The molecule has 0 amide bonds. The third-order valence-corrected chi connectivity index (χ3v) is 7.57. The van der Waals surface area contributed by atoms with Crippen molar-refractivity contribution in [3.8, 4) is 0 Å². The quantitative estimate of drug-likeness (QED) is 0.380. The minimum Gasteiger partial charge on any atom is -0.294 e. The Balaban J connectivity index is 1.54. The van der Waals surface area contributed by atoms with E-state index in [0.717, 1.165) is 30.4 Å². The van der Waals surface area contributed by atoms with E-state index in [-0.39, 0.29) is 17.6 Å². The van der Waals surface area contributed by atoms with Crippen LogP contribution in [0.4, 0.5) is 0 Å². The highest BCUT2D eigenvalue weighted by Gasteiger charge is 2.41. The smallest absolute Gasteiger partial charge is 0.167 e. The molecule has 1 heteroatoms. The molecule has 0 aliphatic heterocycles. The van der Waals surface area contributed by atoms with Crippen LogP contribution in [0.15, 0.2) is 126 Å². The molecule has 0 spiro atoms. The molecule has 34 heavy (non-hydrogen) atoms. The SMILES string of the molecule is C=CC1=CC2=C(CC(Cc3ccccc3)CC2C)C(=O)C1C(c1ccccc1)c1ccccc1. The first kappa shape index (κ1) is 22.3. The minimum absolute atomic E-state index is 0.0296. The van der Waals surface area contributed by atoms with Gasteiger partial charge in [0.15, 0.2) is 5.78 Å². The van der Waals surface area contributed by atoms with Crippen molar-refractivity contribution in [3.63, 3.8) is 0 Å². The first-order valence-electron chi connectivity index (χ1n) is 12.4. The largest absolute Gasteiger partial charge is 0.294 e. The van der Waals surface area contributed by atoms with Crippen molar-refractivity contribution in [1.82, 2.24) is 0 Å². The molecule has 3 aromatic rings. The average Bonchev–Trinajstić information content (AvgIpc) is 2.88. The molecule has 170 valence electrons. The van der Waals surface area contributed by atoms with Gasteiger partial charge in [0.25, 0.3) is 0 Å². The lowest BCUT2D eigenvalue weighted by Crippen LogP contribution is -2.33. The minimum atomic E-state index is -0.247. The number of hydrogen-bond acceptors (Lipinski definition) is 1. The van der Waals surface area contributed by atoms with E-state index in [1.807, 2.05) is 18.2 Å². The van der Waals surface area contributed by atoms with Gasteiger partial charge in [-0.2, -0.15) is 0 Å². The molecule has 0 N–H and O–H groups in total. The molecule has 0 fully saturated rings. The third kappa shape index (κ3) is 4.35. The number of ketones is 1. The van der Waals surface area contributed by atoms with E-state index >= 15 is 0 Å². The van der Waals surface area contributed by atoms with E-state index in [4.69, 9.17) is 0 Å². The molecule has 3 aromatic carbocycles. The van der Waals surface area contributed by atoms with Gasteiger partial charge in [0.2, 0.25) is 0 Å². The van der Waals surface area contributed by atoms with Crippen LogP contribution in [-0.4, -0.2) is 5.78 Å². The predicted molar refractivity (Wildman–Crippen MR) is 141 cm³/mol. The molecule has 0 bridgehead atoms. The summed E-state index contributed by atoms with van der Waals surface area (Å²) in [6.07, 6.45) is 7.21.